The van der Waals surface area contributed by atoms with Gasteiger partial charge in [-0.15, -0.1) is 0 Å². The zero-order chi connectivity index (χ0) is 30.0. The Kier molecular flexibility index (Phi) is 9.52. The van der Waals surface area contributed by atoms with Gasteiger partial charge in [0, 0.05) is 12.6 Å². The van der Waals surface area contributed by atoms with Crippen molar-refractivity contribution in [1.29, 1.82) is 0 Å². The third kappa shape index (κ3) is 6.56. The van der Waals surface area contributed by atoms with E-state index in [1.165, 1.54) is 0 Å². The smallest absolute Gasteiger partial charge is 0.326 e. The van der Waals surface area contributed by atoms with Gasteiger partial charge in [-0.05, 0) is 64.7 Å². The van der Waals surface area contributed by atoms with Crippen molar-refractivity contribution < 1.29 is 49.4 Å². The largest absolute Gasteiger partial charge is 0.480 e. The Hall–Kier alpha value is -3.10. The first-order valence-electron chi connectivity index (χ1n) is 12.6. The summed E-state index contributed by atoms with van der Waals surface area (Å²) in [4.78, 5) is 49.6. The molecule has 0 aromatic heterocycles. The van der Waals surface area contributed by atoms with Crippen molar-refractivity contribution in [2.24, 2.45) is 0 Å². The van der Waals surface area contributed by atoms with Crippen LogP contribution in [-0.4, -0.2) is 90.0 Å². The lowest BCUT2D eigenvalue weighted by Gasteiger charge is -2.59. The summed E-state index contributed by atoms with van der Waals surface area (Å²) in [5, 5.41) is 60.2. The first kappa shape index (κ1) is 32.1. The van der Waals surface area contributed by atoms with Crippen LogP contribution in [0, 0.1) is 0 Å². The molecular weight excluding hydrogens is 514 g/mol. The molecule has 39 heavy (non-hydrogen) atoms. The second-order valence-electron chi connectivity index (χ2n) is 10.5. The van der Waals surface area contributed by atoms with Gasteiger partial charge in [0.1, 0.15) is 28.9 Å². The normalized spacial score (nSPS) is 32.0. The molecule has 0 radical (unpaired) electrons. The van der Waals surface area contributed by atoms with Gasteiger partial charge in [-0.25, -0.2) is 4.79 Å². The number of anilines is 1. The van der Waals surface area contributed by atoms with Crippen molar-refractivity contribution in [2.45, 2.75) is 102 Å². The number of aliphatic carboxylic acids is 1. The average molecular weight is 554 g/mol. The van der Waals surface area contributed by atoms with Crippen LogP contribution in [-0.2, 0) is 30.3 Å². The summed E-state index contributed by atoms with van der Waals surface area (Å²) in [5.41, 5.74) is -5.93. The molecule has 8 N–H and O–H groups in total. The SMILES string of the molecule is CCc1ccc(NC(=O)C(CCC(NC(C)=O)C(=O)O)NC(=O)C2OC(C)(O)C(C)(O)C(C)(O)C2(C)O)cc1. The van der Waals surface area contributed by atoms with Crippen LogP contribution in [0.25, 0.3) is 0 Å². The highest BCUT2D eigenvalue weighted by molar-refractivity contribution is 5.98. The Morgan fingerprint density at radius 2 is 1.44 bits per heavy atom. The van der Waals surface area contributed by atoms with E-state index < -0.39 is 64.5 Å². The van der Waals surface area contributed by atoms with Crippen LogP contribution in [0.2, 0.25) is 0 Å². The topological polar surface area (TPSA) is 215 Å². The molecule has 2 rings (SSSR count). The lowest BCUT2D eigenvalue weighted by Crippen LogP contribution is -2.82. The minimum atomic E-state index is -2.50. The van der Waals surface area contributed by atoms with E-state index in [0.29, 0.717) is 5.69 Å². The Balaban J connectivity index is 2.35. The van der Waals surface area contributed by atoms with E-state index in [-0.39, 0.29) is 12.8 Å². The van der Waals surface area contributed by atoms with Crippen molar-refractivity contribution in [3.05, 3.63) is 29.8 Å². The Bertz CT molecular complexity index is 1080. The van der Waals surface area contributed by atoms with Gasteiger partial charge in [0.15, 0.2) is 11.9 Å². The maximum absolute atomic E-state index is 13.3. The third-order valence-electron chi connectivity index (χ3n) is 7.62. The van der Waals surface area contributed by atoms with E-state index in [4.69, 9.17) is 4.74 Å². The number of carboxylic acid groups (broad SMARTS) is 1. The fourth-order valence-corrected chi connectivity index (χ4v) is 4.37. The number of carbonyl (C=O) groups is 4. The molecule has 0 saturated carbocycles. The van der Waals surface area contributed by atoms with E-state index in [1.54, 1.807) is 24.3 Å². The summed E-state index contributed by atoms with van der Waals surface area (Å²) in [5.74, 6) is -6.31. The second kappa shape index (κ2) is 11.6. The summed E-state index contributed by atoms with van der Waals surface area (Å²) in [6.07, 6.45) is -1.71. The van der Waals surface area contributed by atoms with Crippen molar-refractivity contribution in [3.8, 4) is 0 Å². The fourth-order valence-electron chi connectivity index (χ4n) is 4.37. The quantitative estimate of drug-likeness (QED) is 0.184. The molecule has 13 nitrogen and oxygen atoms in total. The molecule has 1 aromatic rings. The Labute approximate surface area is 226 Å². The molecule has 0 aliphatic carbocycles. The van der Waals surface area contributed by atoms with Crippen LogP contribution in [0.15, 0.2) is 24.3 Å². The van der Waals surface area contributed by atoms with Crippen molar-refractivity contribution in [3.63, 3.8) is 0 Å². The first-order valence-corrected chi connectivity index (χ1v) is 12.6. The number of hydrogen-bond acceptors (Lipinski definition) is 9. The highest BCUT2D eigenvalue weighted by Crippen LogP contribution is 2.48. The van der Waals surface area contributed by atoms with E-state index >= 15 is 0 Å². The molecule has 1 heterocycles. The van der Waals surface area contributed by atoms with Gasteiger partial charge in [0.25, 0.3) is 5.91 Å². The van der Waals surface area contributed by atoms with Crippen LogP contribution in [0.3, 0.4) is 0 Å². The predicted molar refractivity (Wildman–Crippen MR) is 138 cm³/mol. The summed E-state index contributed by atoms with van der Waals surface area (Å²) in [7, 11) is 0. The first-order chi connectivity index (χ1) is 17.8. The molecule has 13 heteroatoms. The molecule has 1 saturated heterocycles. The highest BCUT2D eigenvalue weighted by Gasteiger charge is 2.71. The highest BCUT2D eigenvalue weighted by atomic mass is 16.7. The molecule has 7 unspecified atom stereocenters. The lowest BCUT2D eigenvalue weighted by atomic mass is 9.65. The van der Waals surface area contributed by atoms with Gasteiger partial charge in [0.2, 0.25) is 11.8 Å². The maximum atomic E-state index is 13.3. The molecule has 1 aliphatic rings. The number of aryl methyl sites for hydroxylation is 1. The van der Waals surface area contributed by atoms with Crippen LogP contribution in [0.4, 0.5) is 5.69 Å². The number of hydrogen-bond donors (Lipinski definition) is 8. The van der Waals surface area contributed by atoms with E-state index in [0.717, 1.165) is 46.6 Å². The minimum absolute atomic E-state index is 0.256. The maximum Gasteiger partial charge on any atom is 0.326 e. The van der Waals surface area contributed by atoms with E-state index in [1.807, 2.05) is 6.92 Å². The number of carboxylic acids is 1. The van der Waals surface area contributed by atoms with E-state index in [2.05, 4.69) is 16.0 Å². The molecule has 0 bridgehead atoms. The van der Waals surface area contributed by atoms with Crippen molar-refractivity contribution >= 4 is 29.4 Å². The van der Waals surface area contributed by atoms with Crippen LogP contribution in [0.1, 0.15) is 59.9 Å². The number of nitrogens with one attached hydrogen (secondary N) is 3. The summed E-state index contributed by atoms with van der Waals surface area (Å²) < 4.78 is 5.34. The number of rotatable bonds is 10. The Morgan fingerprint density at radius 3 is 1.92 bits per heavy atom. The molecule has 0 spiro atoms. The summed E-state index contributed by atoms with van der Waals surface area (Å²) >= 11 is 0. The van der Waals surface area contributed by atoms with Crippen molar-refractivity contribution in [2.75, 3.05) is 5.32 Å². The molecule has 1 aliphatic heterocycles. The summed E-state index contributed by atoms with van der Waals surface area (Å²) in [6.45, 7) is 7.19. The number of amides is 3. The molecule has 1 aromatic carbocycles. The van der Waals surface area contributed by atoms with Gasteiger partial charge >= 0.3 is 5.97 Å². The number of benzene rings is 1. The van der Waals surface area contributed by atoms with E-state index in [9.17, 15) is 44.7 Å². The van der Waals surface area contributed by atoms with Crippen LogP contribution < -0.4 is 16.0 Å². The third-order valence-corrected chi connectivity index (χ3v) is 7.62. The molecule has 1 fully saturated rings. The Morgan fingerprint density at radius 1 is 0.897 bits per heavy atom. The second-order valence-corrected chi connectivity index (χ2v) is 10.5. The molecular formula is C26H39N3O10. The fraction of sp³-hybridized carbons (Fsp3) is 0.615. The van der Waals surface area contributed by atoms with Gasteiger partial charge < -0.3 is 46.2 Å². The standard InChI is InChI=1S/C26H39N3O10/c1-7-15-8-10-16(11-9-15)28-20(31)17(12-13-18(22(33)34)27-14(2)30)29-21(32)19-23(3,35)24(4,36)25(5,37)26(6,38)39-19/h8-11,17-19,35-38H,7,12-13H2,1-6H3,(H,27,30)(H,28,31)(H,29,32)(H,33,34). The molecule has 3 amide bonds. The van der Waals surface area contributed by atoms with Crippen molar-refractivity contribution in [1.82, 2.24) is 10.6 Å². The summed E-state index contributed by atoms with van der Waals surface area (Å²) in [6, 6.07) is 4.14. The van der Waals surface area contributed by atoms with Gasteiger partial charge in [-0.3, -0.25) is 14.4 Å². The van der Waals surface area contributed by atoms with Gasteiger partial charge in [0.05, 0.1) is 0 Å². The monoisotopic (exact) mass is 553 g/mol. The number of ether oxygens (including phenoxy) is 1. The minimum Gasteiger partial charge on any atom is -0.480 e. The van der Waals surface area contributed by atoms with Crippen LogP contribution >= 0.6 is 0 Å². The zero-order valence-corrected chi connectivity index (χ0v) is 22.9. The lowest BCUT2D eigenvalue weighted by molar-refractivity contribution is -0.414. The number of carbonyl (C=O) groups excluding carboxylic acids is 3. The zero-order valence-electron chi connectivity index (χ0n) is 22.9. The average Bonchev–Trinajstić information content (AvgIpc) is 2.82. The van der Waals surface area contributed by atoms with Crippen LogP contribution in [0.5, 0.6) is 0 Å². The van der Waals surface area contributed by atoms with Gasteiger partial charge in [-0.2, -0.15) is 0 Å². The predicted octanol–water partition coefficient (Wildman–Crippen LogP) is -0.598. The number of aliphatic hydroxyl groups is 4. The van der Waals surface area contributed by atoms with Gasteiger partial charge in [-0.1, -0.05) is 19.1 Å². The molecule has 218 valence electrons. The molecule has 7 atom stereocenters.